The van der Waals surface area contributed by atoms with Gasteiger partial charge in [-0.25, -0.2) is 13.2 Å². The van der Waals surface area contributed by atoms with Crippen LogP contribution in [0.5, 0.6) is 0 Å². The van der Waals surface area contributed by atoms with Gasteiger partial charge in [-0.05, 0) is 36.6 Å². The summed E-state index contributed by atoms with van der Waals surface area (Å²) < 4.78 is 32.2. The predicted molar refractivity (Wildman–Crippen MR) is 132 cm³/mol. The number of nitro benzene ring substituents is 1. The summed E-state index contributed by atoms with van der Waals surface area (Å²) in [6, 6.07) is 15.1. The van der Waals surface area contributed by atoms with E-state index in [1.807, 2.05) is 30.3 Å². The van der Waals surface area contributed by atoms with Crippen LogP contribution in [0, 0.1) is 10.1 Å². The zero-order chi connectivity index (χ0) is 25.8. The second-order valence-electron chi connectivity index (χ2n) is 8.11. The Balaban J connectivity index is 2.04. The lowest BCUT2D eigenvalue weighted by Gasteiger charge is -2.30. The number of benzene rings is 2. The van der Waals surface area contributed by atoms with Crippen molar-refractivity contribution in [3.63, 3.8) is 0 Å². The SMILES string of the molecule is COC(=O)C1=C(C)NC(C)=C(/C=C/S(=O)(=O)N(C)Cc2ccccc2)C1c1cccc([N+](=O)[O-])c1. The number of nitro groups is 1. The summed E-state index contributed by atoms with van der Waals surface area (Å²) in [5, 5.41) is 15.6. The van der Waals surface area contributed by atoms with Gasteiger partial charge in [0.2, 0.25) is 10.0 Å². The summed E-state index contributed by atoms with van der Waals surface area (Å²) in [6.07, 6.45) is 1.43. The third kappa shape index (κ3) is 5.84. The number of hydrogen-bond donors (Lipinski definition) is 1. The van der Waals surface area contributed by atoms with Crippen LogP contribution in [0.4, 0.5) is 5.69 Å². The quantitative estimate of drug-likeness (QED) is 0.333. The molecular formula is C25H27N3O6S. The van der Waals surface area contributed by atoms with Gasteiger partial charge in [-0.3, -0.25) is 10.1 Å². The maximum atomic E-state index is 13.0. The zero-order valence-corrected chi connectivity index (χ0v) is 20.7. The number of hydrogen-bond acceptors (Lipinski definition) is 7. The molecule has 0 radical (unpaired) electrons. The van der Waals surface area contributed by atoms with E-state index in [9.17, 15) is 23.3 Å². The molecule has 0 aliphatic carbocycles. The smallest absolute Gasteiger partial charge is 0.336 e. The Hall–Kier alpha value is -3.76. The number of allylic oxidation sites excluding steroid dienone is 4. The number of dihydropyridines is 1. The number of ether oxygens (including phenoxy) is 1. The van der Waals surface area contributed by atoms with Crippen molar-refractivity contribution in [3.05, 3.63) is 110 Å². The van der Waals surface area contributed by atoms with Crippen LogP contribution >= 0.6 is 0 Å². The van der Waals surface area contributed by atoms with E-state index in [2.05, 4.69) is 5.32 Å². The van der Waals surface area contributed by atoms with E-state index in [4.69, 9.17) is 4.74 Å². The molecule has 0 spiro atoms. The second-order valence-corrected chi connectivity index (χ2v) is 10.0. The predicted octanol–water partition coefficient (Wildman–Crippen LogP) is 3.98. The van der Waals surface area contributed by atoms with Gasteiger partial charge >= 0.3 is 5.97 Å². The Labute approximate surface area is 204 Å². The molecule has 0 saturated heterocycles. The van der Waals surface area contributed by atoms with Gasteiger partial charge in [0.1, 0.15) is 0 Å². The van der Waals surface area contributed by atoms with Gasteiger partial charge in [-0.1, -0.05) is 42.5 Å². The van der Waals surface area contributed by atoms with Gasteiger partial charge in [0.05, 0.1) is 17.6 Å². The van der Waals surface area contributed by atoms with Crippen LogP contribution in [0.25, 0.3) is 0 Å². The van der Waals surface area contributed by atoms with Gasteiger partial charge < -0.3 is 10.1 Å². The van der Waals surface area contributed by atoms with Gasteiger partial charge in [0.25, 0.3) is 5.69 Å². The zero-order valence-electron chi connectivity index (χ0n) is 19.9. The van der Waals surface area contributed by atoms with Crippen molar-refractivity contribution >= 4 is 21.7 Å². The highest BCUT2D eigenvalue weighted by molar-refractivity contribution is 7.92. The molecular weight excluding hydrogens is 470 g/mol. The van der Waals surface area contributed by atoms with E-state index in [0.717, 1.165) is 11.0 Å². The van der Waals surface area contributed by atoms with Crippen LogP contribution in [-0.4, -0.2) is 37.8 Å². The third-order valence-corrected chi connectivity index (χ3v) is 7.21. The van der Waals surface area contributed by atoms with Crippen LogP contribution < -0.4 is 5.32 Å². The molecule has 1 unspecified atom stereocenters. The van der Waals surface area contributed by atoms with Crippen molar-refractivity contribution in [2.24, 2.45) is 0 Å². The molecule has 2 aromatic carbocycles. The van der Waals surface area contributed by atoms with Crippen LogP contribution in [0.15, 0.2) is 88.6 Å². The number of non-ortho nitro benzene ring substituents is 1. The molecule has 0 amide bonds. The van der Waals surface area contributed by atoms with Gasteiger partial charge in [-0.15, -0.1) is 0 Å². The van der Waals surface area contributed by atoms with E-state index in [1.165, 1.54) is 42.7 Å². The molecule has 9 nitrogen and oxygen atoms in total. The summed E-state index contributed by atoms with van der Waals surface area (Å²) in [4.78, 5) is 23.6. The van der Waals surface area contributed by atoms with E-state index in [-0.39, 0.29) is 17.8 Å². The number of rotatable bonds is 8. The minimum atomic E-state index is -3.81. The van der Waals surface area contributed by atoms with Crippen molar-refractivity contribution in [1.29, 1.82) is 0 Å². The van der Waals surface area contributed by atoms with Crippen LogP contribution in [-0.2, 0) is 26.1 Å². The lowest BCUT2D eigenvalue weighted by atomic mass is 9.80. The lowest BCUT2D eigenvalue weighted by molar-refractivity contribution is -0.384. The molecule has 1 heterocycles. The molecule has 10 heteroatoms. The monoisotopic (exact) mass is 497 g/mol. The number of nitrogens with zero attached hydrogens (tertiary/aromatic N) is 2. The van der Waals surface area contributed by atoms with E-state index in [0.29, 0.717) is 22.5 Å². The number of carbonyl (C=O) groups is 1. The molecule has 184 valence electrons. The fraction of sp³-hybridized carbons (Fsp3) is 0.240. The van der Waals surface area contributed by atoms with Crippen molar-refractivity contribution in [3.8, 4) is 0 Å². The summed E-state index contributed by atoms with van der Waals surface area (Å²) in [6.45, 7) is 3.64. The third-order valence-electron chi connectivity index (χ3n) is 5.73. The maximum absolute atomic E-state index is 13.0. The van der Waals surface area contributed by atoms with Crippen LogP contribution in [0.1, 0.15) is 30.9 Å². The first-order valence-corrected chi connectivity index (χ1v) is 12.2. The van der Waals surface area contributed by atoms with Gasteiger partial charge in [0.15, 0.2) is 0 Å². The highest BCUT2D eigenvalue weighted by Crippen LogP contribution is 2.40. The highest BCUT2D eigenvalue weighted by Gasteiger charge is 2.33. The van der Waals surface area contributed by atoms with Crippen molar-refractivity contribution in [1.82, 2.24) is 9.62 Å². The van der Waals surface area contributed by atoms with Crippen molar-refractivity contribution in [2.45, 2.75) is 26.3 Å². The van der Waals surface area contributed by atoms with Crippen molar-refractivity contribution < 1.29 is 22.9 Å². The van der Waals surface area contributed by atoms with E-state index in [1.54, 1.807) is 19.9 Å². The largest absolute Gasteiger partial charge is 0.466 e. The maximum Gasteiger partial charge on any atom is 0.336 e. The van der Waals surface area contributed by atoms with Crippen molar-refractivity contribution in [2.75, 3.05) is 14.2 Å². The first-order chi connectivity index (χ1) is 16.5. The number of carbonyl (C=O) groups excluding carboxylic acids is 1. The number of sulfonamides is 1. The summed E-state index contributed by atoms with van der Waals surface area (Å²) in [5.74, 6) is -1.39. The summed E-state index contributed by atoms with van der Waals surface area (Å²) >= 11 is 0. The first-order valence-electron chi connectivity index (χ1n) is 10.7. The normalized spacial score (nSPS) is 16.5. The number of methoxy groups -OCH3 is 1. The minimum Gasteiger partial charge on any atom is -0.466 e. The van der Waals surface area contributed by atoms with E-state index >= 15 is 0 Å². The number of nitrogens with one attached hydrogen (secondary N) is 1. The Kier molecular flexibility index (Phi) is 7.88. The fourth-order valence-corrected chi connectivity index (χ4v) is 4.82. The highest BCUT2D eigenvalue weighted by atomic mass is 32.2. The molecule has 0 bridgehead atoms. The molecule has 1 aliphatic heterocycles. The molecule has 0 aromatic heterocycles. The Bertz CT molecular complexity index is 1330. The molecule has 35 heavy (non-hydrogen) atoms. The van der Waals surface area contributed by atoms with E-state index < -0.39 is 26.8 Å². The molecule has 1 atom stereocenters. The molecule has 1 N–H and O–H groups in total. The topological polar surface area (TPSA) is 119 Å². The molecule has 3 rings (SSSR count). The Morgan fingerprint density at radius 2 is 1.83 bits per heavy atom. The van der Waals surface area contributed by atoms with Crippen LogP contribution in [0.3, 0.4) is 0 Å². The molecule has 1 aliphatic rings. The molecule has 0 fully saturated rings. The lowest BCUT2D eigenvalue weighted by Crippen LogP contribution is -2.28. The fourth-order valence-electron chi connectivity index (χ4n) is 3.97. The number of esters is 1. The Morgan fingerprint density at radius 1 is 1.14 bits per heavy atom. The first kappa shape index (κ1) is 25.9. The second kappa shape index (κ2) is 10.7. The van der Waals surface area contributed by atoms with Gasteiger partial charge in [0, 0.05) is 48.4 Å². The van der Waals surface area contributed by atoms with Crippen LogP contribution in [0.2, 0.25) is 0 Å². The minimum absolute atomic E-state index is 0.140. The van der Waals surface area contributed by atoms with Gasteiger partial charge in [-0.2, -0.15) is 4.31 Å². The molecule has 0 saturated carbocycles. The Morgan fingerprint density at radius 3 is 2.46 bits per heavy atom. The average Bonchev–Trinajstić information content (AvgIpc) is 2.83. The summed E-state index contributed by atoms with van der Waals surface area (Å²) in [7, 11) is -1.09. The molecule has 2 aromatic rings. The average molecular weight is 498 g/mol. The summed E-state index contributed by atoms with van der Waals surface area (Å²) in [5.41, 5.74) is 3.02. The standard InChI is InChI=1S/C25H27N3O6S/c1-17-22(13-14-35(32,33)27(3)16-19-9-6-5-7-10-19)24(23(18(2)26-17)25(29)34-4)20-11-8-12-21(15-20)28(30)31/h5-15,24,26H,16H2,1-4H3/b14-13+.